The molecule has 2 aromatic carbocycles. The van der Waals surface area contributed by atoms with Crippen molar-refractivity contribution in [2.75, 3.05) is 6.61 Å². The lowest BCUT2D eigenvalue weighted by atomic mass is 10.1. The second-order valence-electron chi connectivity index (χ2n) is 6.13. The topological polar surface area (TPSA) is 92.3 Å². The predicted octanol–water partition coefficient (Wildman–Crippen LogP) is 3.63. The van der Waals surface area contributed by atoms with Crippen molar-refractivity contribution in [2.45, 2.75) is 19.9 Å². The maximum absolute atomic E-state index is 12.3. The number of hydrazone groups is 1. The molecule has 1 N–H and O–H groups in total. The summed E-state index contributed by atoms with van der Waals surface area (Å²) >= 11 is 0. The molecule has 0 aliphatic heterocycles. The van der Waals surface area contributed by atoms with Crippen LogP contribution < -0.4 is 10.2 Å². The van der Waals surface area contributed by atoms with E-state index in [1.165, 1.54) is 0 Å². The van der Waals surface area contributed by atoms with Gasteiger partial charge in [0.2, 0.25) is 0 Å². The largest absolute Gasteiger partial charge is 0.494 e. The molecule has 146 valence electrons. The van der Waals surface area contributed by atoms with Crippen LogP contribution in [0.2, 0.25) is 0 Å². The number of hydrogen-bond donors (Lipinski definition) is 1. The van der Waals surface area contributed by atoms with Crippen LogP contribution in [0.4, 0.5) is 0 Å². The average Bonchev–Trinajstić information content (AvgIpc) is 3.16. The van der Waals surface area contributed by atoms with Crippen LogP contribution in [0.3, 0.4) is 0 Å². The summed E-state index contributed by atoms with van der Waals surface area (Å²) in [7, 11) is 0. The van der Waals surface area contributed by atoms with Crippen molar-refractivity contribution in [1.29, 1.82) is 5.26 Å². The summed E-state index contributed by atoms with van der Waals surface area (Å²) in [5.74, 6) is 0.396. The summed E-state index contributed by atoms with van der Waals surface area (Å²) in [5, 5.41) is 17.4. The van der Waals surface area contributed by atoms with Crippen molar-refractivity contribution >= 4 is 12.1 Å². The SMILES string of the molecule is CCOc1ccc(C(=O)N/N=C\c2cn(CCC#N)nc2-c2ccccc2)cc1. The van der Waals surface area contributed by atoms with Crippen molar-refractivity contribution in [3.63, 3.8) is 0 Å². The Kier molecular flexibility index (Phi) is 6.74. The molecule has 0 unspecified atom stereocenters. The third-order valence-corrected chi connectivity index (χ3v) is 4.09. The number of ether oxygens (including phenoxy) is 1. The molecule has 0 radical (unpaired) electrons. The van der Waals surface area contributed by atoms with E-state index in [1.54, 1.807) is 35.2 Å². The van der Waals surface area contributed by atoms with Crippen molar-refractivity contribution in [1.82, 2.24) is 15.2 Å². The Morgan fingerprint density at radius 2 is 2.00 bits per heavy atom. The van der Waals surface area contributed by atoms with Crippen molar-refractivity contribution < 1.29 is 9.53 Å². The summed E-state index contributed by atoms with van der Waals surface area (Å²) in [5.41, 5.74) is 5.44. The van der Waals surface area contributed by atoms with E-state index in [0.29, 0.717) is 30.9 Å². The van der Waals surface area contributed by atoms with Gasteiger partial charge in [0, 0.05) is 22.9 Å². The fraction of sp³-hybridized carbons (Fsp3) is 0.182. The number of benzene rings is 2. The maximum atomic E-state index is 12.3. The van der Waals surface area contributed by atoms with Gasteiger partial charge in [-0.15, -0.1) is 0 Å². The molecule has 3 aromatic rings. The minimum Gasteiger partial charge on any atom is -0.494 e. The van der Waals surface area contributed by atoms with E-state index < -0.39 is 0 Å². The van der Waals surface area contributed by atoms with Crippen LogP contribution in [-0.2, 0) is 6.54 Å². The first-order chi connectivity index (χ1) is 14.2. The molecule has 0 aliphatic carbocycles. The molecule has 0 spiro atoms. The van der Waals surface area contributed by atoms with Crippen molar-refractivity contribution in [3.8, 4) is 23.1 Å². The van der Waals surface area contributed by atoms with E-state index >= 15 is 0 Å². The lowest BCUT2D eigenvalue weighted by molar-refractivity contribution is 0.0955. The third-order valence-electron chi connectivity index (χ3n) is 4.09. The average molecular weight is 387 g/mol. The first-order valence-corrected chi connectivity index (χ1v) is 9.27. The highest BCUT2D eigenvalue weighted by Crippen LogP contribution is 2.20. The Morgan fingerprint density at radius 1 is 1.24 bits per heavy atom. The lowest BCUT2D eigenvalue weighted by Crippen LogP contribution is -2.17. The molecule has 3 rings (SSSR count). The number of nitrogens with zero attached hydrogens (tertiary/aromatic N) is 4. The van der Waals surface area contributed by atoms with Gasteiger partial charge in [0.15, 0.2) is 0 Å². The minimum absolute atomic E-state index is 0.317. The summed E-state index contributed by atoms with van der Waals surface area (Å²) in [6.45, 7) is 2.96. The molecule has 7 heteroatoms. The summed E-state index contributed by atoms with van der Waals surface area (Å²) in [4.78, 5) is 12.3. The van der Waals surface area contributed by atoms with E-state index in [9.17, 15) is 4.79 Å². The fourth-order valence-electron chi connectivity index (χ4n) is 2.72. The van der Waals surface area contributed by atoms with Crippen LogP contribution in [0.25, 0.3) is 11.3 Å². The Hall–Kier alpha value is -3.92. The van der Waals surface area contributed by atoms with E-state index in [2.05, 4.69) is 21.7 Å². The highest BCUT2D eigenvalue weighted by Gasteiger charge is 2.10. The first kappa shape index (κ1) is 19.8. The number of nitrogens with one attached hydrogen (secondary N) is 1. The summed E-state index contributed by atoms with van der Waals surface area (Å²) in [6.07, 6.45) is 3.73. The van der Waals surface area contributed by atoms with E-state index in [-0.39, 0.29) is 5.91 Å². The van der Waals surface area contributed by atoms with Gasteiger partial charge in [0.25, 0.3) is 5.91 Å². The van der Waals surface area contributed by atoms with Gasteiger partial charge in [0.1, 0.15) is 11.4 Å². The van der Waals surface area contributed by atoms with Gasteiger partial charge in [-0.3, -0.25) is 9.48 Å². The highest BCUT2D eigenvalue weighted by atomic mass is 16.5. The van der Waals surface area contributed by atoms with Crippen LogP contribution in [0.1, 0.15) is 29.3 Å². The molecule has 0 saturated carbocycles. The standard InChI is InChI=1S/C22H21N5O2/c1-2-29-20-11-9-18(10-12-20)22(28)25-24-15-19-16-27(14-6-13-23)26-21(19)17-7-4-3-5-8-17/h3-5,7-12,15-16H,2,6,14H2,1H3,(H,25,28)/b24-15-. The number of aromatic nitrogens is 2. The highest BCUT2D eigenvalue weighted by molar-refractivity contribution is 5.95. The first-order valence-electron chi connectivity index (χ1n) is 9.27. The fourth-order valence-corrected chi connectivity index (χ4v) is 2.72. The van der Waals surface area contributed by atoms with Crippen LogP contribution in [0.5, 0.6) is 5.75 Å². The smallest absolute Gasteiger partial charge is 0.271 e. The van der Waals surface area contributed by atoms with Gasteiger partial charge in [0.05, 0.1) is 31.9 Å². The van der Waals surface area contributed by atoms with Gasteiger partial charge < -0.3 is 4.74 Å². The Morgan fingerprint density at radius 3 is 2.69 bits per heavy atom. The zero-order valence-electron chi connectivity index (χ0n) is 16.1. The predicted molar refractivity (Wildman–Crippen MR) is 111 cm³/mol. The molecule has 1 aromatic heterocycles. The van der Waals surface area contributed by atoms with Crippen molar-refractivity contribution in [2.24, 2.45) is 5.10 Å². The number of hydrogen-bond acceptors (Lipinski definition) is 5. The van der Waals surface area contributed by atoms with Gasteiger partial charge in [-0.05, 0) is 31.2 Å². The molecule has 29 heavy (non-hydrogen) atoms. The number of rotatable bonds is 8. The number of amides is 1. The Balaban J connectivity index is 1.74. The van der Waals surface area contributed by atoms with Gasteiger partial charge in [-0.1, -0.05) is 30.3 Å². The molecular formula is C22H21N5O2. The zero-order chi connectivity index (χ0) is 20.5. The number of carbonyl (C=O) groups excluding carboxylic acids is 1. The molecule has 0 bridgehead atoms. The summed E-state index contributed by atoms with van der Waals surface area (Å²) < 4.78 is 7.08. The Bertz CT molecular complexity index is 1020. The number of aryl methyl sites for hydroxylation is 1. The van der Waals surface area contributed by atoms with Gasteiger partial charge >= 0.3 is 0 Å². The Labute approximate surface area is 169 Å². The van der Waals surface area contributed by atoms with E-state index in [4.69, 9.17) is 10.00 Å². The second-order valence-corrected chi connectivity index (χ2v) is 6.13. The molecule has 0 saturated heterocycles. The van der Waals surface area contributed by atoms with Crippen LogP contribution in [-0.4, -0.2) is 28.5 Å². The quantitative estimate of drug-likeness (QED) is 0.472. The van der Waals surface area contributed by atoms with E-state index in [1.807, 2.05) is 43.5 Å². The molecule has 1 amide bonds. The van der Waals surface area contributed by atoms with Gasteiger partial charge in [-0.25, -0.2) is 5.43 Å². The second kappa shape index (κ2) is 9.85. The molecule has 0 aliphatic rings. The third kappa shape index (κ3) is 5.30. The minimum atomic E-state index is -0.317. The monoisotopic (exact) mass is 387 g/mol. The maximum Gasteiger partial charge on any atom is 0.271 e. The normalized spacial score (nSPS) is 10.6. The molecule has 1 heterocycles. The molecule has 0 fully saturated rings. The van der Waals surface area contributed by atoms with E-state index in [0.717, 1.165) is 16.8 Å². The van der Waals surface area contributed by atoms with Crippen LogP contribution >= 0.6 is 0 Å². The lowest BCUT2D eigenvalue weighted by Gasteiger charge is -2.04. The number of nitriles is 1. The van der Waals surface area contributed by atoms with Crippen molar-refractivity contribution in [3.05, 3.63) is 71.9 Å². The molecular weight excluding hydrogens is 366 g/mol. The summed E-state index contributed by atoms with van der Waals surface area (Å²) in [6, 6.07) is 18.7. The molecule has 0 atom stereocenters. The van der Waals surface area contributed by atoms with Crippen LogP contribution in [0.15, 0.2) is 65.9 Å². The number of carbonyl (C=O) groups is 1. The van der Waals surface area contributed by atoms with Gasteiger partial charge in [-0.2, -0.15) is 15.5 Å². The molecule has 7 nitrogen and oxygen atoms in total. The zero-order valence-corrected chi connectivity index (χ0v) is 16.1. The van der Waals surface area contributed by atoms with Crippen LogP contribution in [0, 0.1) is 11.3 Å².